The minimum Gasteiger partial charge on any atom is -0.495 e. The highest BCUT2D eigenvalue weighted by Gasteiger charge is 2.14. The molecule has 2 heterocycles. The van der Waals surface area contributed by atoms with Gasteiger partial charge in [0.05, 0.1) is 13.3 Å². The van der Waals surface area contributed by atoms with E-state index >= 15 is 0 Å². The van der Waals surface area contributed by atoms with Gasteiger partial charge in [-0.05, 0) is 31.5 Å². The van der Waals surface area contributed by atoms with Gasteiger partial charge in [0.2, 0.25) is 0 Å². The minimum absolute atomic E-state index is 0.621. The fourth-order valence-corrected chi connectivity index (χ4v) is 1.84. The van der Waals surface area contributed by atoms with Crippen LogP contribution in [0.3, 0.4) is 0 Å². The van der Waals surface area contributed by atoms with Gasteiger partial charge in [0.1, 0.15) is 5.75 Å². The first-order valence-corrected chi connectivity index (χ1v) is 5.11. The molecule has 1 unspecified atom stereocenters. The summed E-state index contributed by atoms with van der Waals surface area (Å²) >= 11 is 0. The Morgan fingerprint density at radius 2 is 2.50 bits per heavy atom. The molecule has 0 bridgehead atoms. The minimum atomic E-state index is 0.621. The smallest absolute Gasteiger partial charge is 0.137 e. The van der Waals surface area contributed by atoms with E-state index in [9.17, 15) is 0 Å². The molecule has 3 heteroatoms. The van der Waals surface area contributed by atoms with Gasteiger partial charge >= 0.3 is 0 Å². The lowest BCUT2D eigenvalue weighted by Gasteiger charge is -2.09. The molecule has 0 spiro atoms. The van der Waals surface area contributed by atoms with Crippen LogP contribution in [0.2, 0.25) is 0 Å². The number of pyridine rings is 1. The van der Waals surface area contributed by atoms with Crippen LogP contribution >= 0.6 is 0 Å². The summed E-state index contributed by atoms with van der Waals surface area (Å²) in [4.78, 5) is 4.35. The Labute approximate surface area is 84.5 Å². The summed E-state index contributed by atoms with van der Waals surface area (Å²) in [6.07, 6.45) is 5.38. The van der Waals surface area contributed by atoms with Crippen LogP contribution in [0.4, 0.5) is 0 Å². The molecule has 1 atom stereocenters. The molecule has 76 valence electrons. The number of ether oxygens (including phenoxy) is 1. The summed E-state index contributed by atoms with van der Waals surface area (Å²) in [5.41, 5.74) is 1.14. The Kier molecular flexibility index (Phi) is 2.99. The van der Waals surface area contributed by atoms with Gasteiger partial charge in [0.25, 0.3) is 0 Å². The average Bonchev–Trinajstić information content (AvgIpc) is 2.72. The maximum absolute atomic E-state index is 5.06. The second-order valence-corrected chi connectivity index (χ2v) is 3.69. The summed E-state index contributed by atoms with van der Waals surface area (Å²) in [6, 6.07) is 4.63. The monoisotopic (exact) mass is 192 g/mol. The third-order valence-electron chi connectivity index (χ3n) is 2.65. The van der Waals surface area contributed by atoms with Gasteiger partial charge in [0, 0.05) is 18.2 Å². The molecule has 1 aliphatic heterocycles. The lowest BCUT2D eigenvalue weighted by atomic mass is 10.1. The standard InChI is InChI=1S/C11H16N2O/c1-14-11-5-4-10(13-8-11)7-9-3-2-6-12-9/h4-5,8-9,12H,2-3,6-7H2,1H3. The Hall–Kier alpha value is -1.09. The van der Waals surface area contributed by atoms with E-state index in [0.29, 0.717) is 6.04 Å². The Morgan fingerprint density at radius 3 is 3.07 bits per heavy atom. The van der Waals surface area contributed by atoms with Gasteiger partial charge in [-0.15, -0.1) is 0 Å². The van der Waals surface area contributed by atoms with Gasteiger partial charge in [-0.2, -0.15) is 0 Å². The van der Waals surface area contributed by atoms with E-state index in [4.69, 9.17) is 4.74 Å². The zero-order valence-electron chi connectivity index (χ0n) is 8.49. The van der Waals surface area contributed by atoms with Crippen molar-refractivity contribution in [1.29, 1.82) is 0 Å². The molecule has 0 aliphatic carbocycles. The lowest BCUT2D eigenvalue weighted by molar-refractivity contribution is 0.412. The van der Waals surface area contributed by atoms with Crippen LogP contribution in [0.5, 0.6) is 5.75 Å². The van der Waals surface area contributed by atoms with Crippen molar-refractivity contribution in [2.24, 2.45) is 0 Å². The number of nitrogens with one attached hydrogen (secondary N) is 1. The Morgan fingerprint density at radius 1 is 1.57 bits per heavy atom. The Bertz CT molecular complexity index is 278. The van der Waals surface area contributed by atoms with Crippen molar-refractivity contribution in [3.63, 3.8) is 0 Å². The number of methoxy groups -OCH3 is 1. The highest BCUT2D eigenvalue weighted by atomic mass is 16.5. The molecule has 14 heavy (non-hydrogen) atoms. The molecule has 1 N–H and O–H groups in total. The van der Waals surface area contributed by atoms with E-state index < -0.39 is 0 Å². The van der Waals surface area contributed by atoms with Crippen molar-refractivity contribution in [3.05, 3.63) is 24.0 Å². The van der Waals surface area contributed by atoms with Crippen molar-refractivity contribution in [2.45, 2.75) is 25.3 Å². The molecule has 0 aromatic carbocycles. The second-order valence-electron chi connectivity index (χ2n) is 3.69. The van der Waals surface area contributed by atoms with E-state index in [2.05, 4.69) is 10.3 Å². The zero-order valence-corrected chi connectivity index (χ0v) is 8.49. The number of hydrogen-bond donors (Lipinski definition) is 1. The lowest BCUT2D eigenvalue weighted by Crippen LogP contribution is -2.23. The molecule has 0 saturated carbocycles. The summed E-state index contributed by atoms with van der Waals surface area (Å²) in [7, 11) is 1.66. The third kappa shape index (κ3) is 2.23. The molecule has 3 nitrogen and oxygen atoms in total. The van der Waals surface area contributed by atoms with Crippen LogP contribution in [-0.4, -0.2) is 24.7 Å². The highest BCUT2D eigenvalue weighted by Crippen LogP contribution is 2.13. The van der Waals surface area contributed by atoms with Crippen LogP contribution in [0.1, 0.15) is 18.5 Å². The normalized spacial score (nSPS) is 21.1. The molecule has 1 aliphatic rings. The predicted octanol–water partition coefficient (Wildman–Crippen LogP) is 1.38. The van der Waals surface area contributed by atoms with Crippen molar-refractivity contribution in [1.82, 2.24) is 10.3 Å². The van der Waals surface area contributed by atoms with Gasteiger partial charge in [-0.1, -0.05) is 0 Å². The summed E-state index contributed by atoms with van der Waals surface area (Å²) in [5.74, 6) is 0.827. The molecule has 1 aromatic heterocycles. The molecule has 1 aromatic rings. The van der Waals surface area contributed by atoms with E-state index in [0.717, 1.165) is 24.4 Å². The van der Waals surface area contributed by atoms with Gasteiger partial charge < -0.3 is 10.1 Å². The van der Waals surface area contributed by atoms with E-state index in [1.165, 1.54) is 12.8 Å². The number of nitrogens with zero attached hydrogens (tertiary/aromatic N) is 1. The summed E-state index contributed by atoms with van der Waals surface area (Å²) in [6.45, 7) is 1.15. The van der Waals surface area contributed by atoms with Gasteiger partial charge in [-0.25, -0.2) is 0 Å². The van der Waals surface area contributed by atoms with Gasteiger partial charge in [-0.3, -0.25) is 4.98 Å². The van der Waals surface area contributed by atoms with E-state index in [1.807, 2.05) is 12.1 Å². The quantitative estimate of drug-likeness (QED) is 0.785. The second kappa shape index (κ2) is 4.42. The van der Waals surface area contributed by atoms with Gasteiger partial charge in [0.15, 0.2) is 0 Å². The largest absolute Gasteiger partial charge is 0.495 e. The fraction of sp³-hybridized carbons (Fsp3) is 0.545. The van der Waals surface area contributed by atoms with Crippen LogP contribution in [0, 0.1) is 0 Å². The van der Waals surface area contributed by atoms with Crippen molar-refractivity contribution in [2.75, 3.05) is 13.7 Å². The number of aromatic nitrogens is 1. The molecule has 0 radical (unpaired) electrons. The predicted molar refractivity (Wildman–Crippen MR) is 55.5 cm³/mol. The molecule has 1 saturated heterocycles. The average molecular weight is 192 g/mol. The topological polar surface area (TPSA) is 34.1 Å². The maximum Gasteiger partial charge on any atom is 0.137 e. The van der Waals surface area contributed by atoms with Crippen LogP contribution < -0.4 is 10.1 Å². The molecular formula is C11H16N2O. The molecule has 1 fully saturated rings. The van der Waals surface area contributed by atoms with Crippen LogP contribution in [-0.2, 0) is 6.42 Å². The van der Waals surface area contributed by atoms with E-state index in [1.54, 1.807) is 13.3 Å². The van der Waals surface area contributed by atoms with Crippen LogP contribution in [0.25, 0.3) is 0 Å². The van der Waals surface area contributed by atoms with E-state index in [-0.39, 0.29) is 0 Å². The van der Waals surface area contributed by atoms with Crippen molar-refractivity contribution in [3.8, 4) is 5.75 Å². The Balaban J connectivity index is 1.95. The molecular weight excluding hydrogens is 176 g/mol. The first-order chi connectivity index (χ1) is 6.88. The van der Waals surface area contributed by atoms with Crippen molar-refractivity contribution < 1.29 is 4.74 Å². The fourth-order valence-electron chi connectivity index (χ4n) is 1.84. The number of hydrogen-bond acceptors (Lipinski definition) is 3. The van der Waals surface area contributed by atoms with Crippen molar-refractivity contribution >= 4 is 0 Å². The molecule has 0 amide bonds. The first kappa shape index (κ1) is 9.46. The van der Waals surface area contributed by atoms with Crippen LogP contribution in [0.15, 0.2) is 18.3 Å². The zero-order chi connectivity index (χ0) is 9.80. The third-order valence-corrected chi connectivity index (χ3v) is 2.65. The number of rotatable bonds is 3. The summed E-state index contributed by atoms with van der Waals surface area (Å²) < 4.78 is 5.06. The SMILES string of the molecule is COc1ccc(CC2CCCN2)nc1. The highest BCUT2D eigenvalue weighted by molar-refractivity contribution is 5.20. The maximum atomic E-state index is 5.06. The first-order valence-electron chi connectivity index (χ1n) is 5.11. The summed E-state index contributed by atoms with van der Waals surface area (Å²) in [5, 5.41) is 3.46. The molecule has 2 rings (SSSR count).